The van der Waals surface area contributed by atoms with E-state index in [0.717, 1.165) is 11.6 Å². The molecule has 0 radical (unpaired) electrons. The largest absolute Gasteiger partial charge is 0.411 e. The van der Waals surface area contributed by atoms with Crippen molar-refractivity contribution < 1.29 is 10.0 Å². The van der Waals surface area contributed by atoms with E-state index in [1.54, 1.807) is 11.3 Å². The maximum atomic E-state index is 11.1. The Hall–Kier alpha value is -1.88. The Bertz CT molecular complexity index is 519. The SMILES string of the molecule is O=C(C=NO)Nc1ccc2sccc2c1. The van der Waals surface area contributed by atoms with Gasteiger partial charge in [0, 0.05) is 10.4 Å². The molecule has 0 atom stereocenters. The first kappa shape index (κ1) is 9.67. The summed E-state index contributed by atoms with van der Waals surface area (Å²) < 4.78 is 1.17. The Kier molecular flexibility index (Phi) is 2.64. The van der Waals surface area contributed by atoms with Crippen LogP contribution >= 0.6 is 11.3 Å². The van der Waals surface area contributed by atoms with Crippen molar-refractivity contribution in [1.29, 1.82) is 0 Å². The lowest BCUT2D eigenvalue weighted by Crippen LogP contribution is -2.12. The van der Waals surface area contributed by atoms with Crippen LogP contribution in [-0.4, -0.2) is 17.3 Å². The van der Waals surface area contributed by atoms with E-state index >= 15 is 0 Å². The Balaban J connectivity index is 2.24. The number of nitrogens with one attached hydrogen (secondary N) is 1. The molecule has 4 nitrogen and oxygen atoms in total. The molecule has 1 amide bonds. The van der Waals surface area contributed by atoms with Gasteiger partial charge in [-0.05, 0) is 35.0 Å². The van der Waals surface area contributed by atoms with Gasteiger partial charge in [-0.15, -0.1) is 11.3 Å². The van der Waals surface area contributed by atoms with Gasteiger partial charge >= 0.3 is 0 Å². The van der Waals surface area contributed by atoms with Crippen molar-refractivity contribution in [2.24, 2.45) is 5.16 Å². The molecule has 0 aliphatic rings. The van der Waals surface area contributed by atoms with E-state index in [-0.39, 0.29) is 0 Å². The van der Waals surface area contributed by atoms with Crippen molar-refractivity contribution >= 4 is 39.2 Å². The predicted molar refractivity (Wildman–Crippen MR) is 60.7 cm³/mol. The topological polar surface area (TPSA) is 61.7 Å². The zero-order valence-corrected chi connectivity index (χ0v) is 8.49. The highest BCUT2D eigenvalue weighted by atomic mass is 32.1. The van der Waals surface area contributed by atoms with Crippen molar-refractivity contribution in [1.82, 2.24) is 0 Å². The van der Waals surface area contributed by atoms with Gasteiger partial charge in [-0.2, -0.15) is 0 Å². The highest BCUT2D eigenvalue weighted by Gasteiger charge is 2.00. The van der Waals surface area contributed by atoms with Crippen LogP contribution in [0.15, 0.2) is 34.8 Å². The summed E-state index contributed by atoms with van der Waals surface area (Å²) in [5.74, 6) is -0.452. The van der Waals surface area contributed by atoms with Crippen LogP contribution < -0.4 is 5.32 Å². The Morgan fingerprint density at radius 2 is 2.33 bits per heavy atom. The Morgan fingerprint density at radius 3 is 3.13 bits per heavy atom. The van der Waals surface area contributed by atoms with Gasteiger partial charge in [0.25, 0.3) is 5.91 Å². The van der Waals surface area contributed by atoms with Crippen LogP contribution in [0, 0.1) is 0 Å². The lowest BCUT2D eigenvalue weighted by Gasteiger charge is -2.00. The van der Waals surface area contributed by atoms with Gasteiger partial charge < -0.3 is 10.5 Å². The lowest BCUT2D eigenvalue weighted by atomic mass is 10.2. The van der Waals surface area contributed by atoms with Crippen LogP contribution in [0.25, 0.3) is 10.1 Å². The number of thiophene rings is 1. The number of anilines is 1. The van der Waals surface area contributed by atoms with Crippen molar-refractivity contribution in [3.05, 3.63) is 29.6 Å². The van der Waals surface area contributed by atoms with Crippen LogP contribution in [0.4, 0.5) is 5.69 Å². The fraction of sp³-hybridized carbons (Fsp3) is 0. The van der Waals surface area contributed by atoms with E-state index in [1.807, 2.05) is 29.6 Å². The number of benzene rings is 1. The normalized spacial score (nSPS) is 10.9. The minimum Gasteiger partial charge on any atom is -0.411 e. The molecule has 0 unspecified atom stereocenters. The molecule has 5 heteroatoms. The summed E-state index contributed by atoms with van der Waals surface area (Å²) >= 11 is 1.65. The van der Waals surface area contributed by atoms with Crippen LogP contribution in [0.3, 0.4) is 0 Å². The lowest BCUT2D eigenvalue weighted by molar-refractivity contribution is -0.110. The molecule has 0 saturated carbocycles. The summed E-state index contributed by atoms with van der Waals surface area (Å²) in [6, 6.07) is 7.60. The van der Waals surface area contributed by atoms with Gasteiger partial charge in [0.15, 0.2) is 0 Å². The summed E-state index contributed by atoms with van der Waals surface area (Å²) in [5.41, 5.74) is 0.686. The van der Waals surface area contributed by atoms with Gasteiger partial charge in [0.05, 0.1) is 0 Å². The molecule has 0 spiro atoms. The zero-order chi connectivity index (χ0) is 10.7. The fourth-order valence-electron chi connectivity index (χ4n) is 1.27. The first-order chi connectivity index (χ1) is 7.29. The fourth-order valence-corrected chi connectivity index (χ4v) is 2.04. The Morgan fingerprint density at radius 1 is 1.47 bits per heavy atom. The second-order valence-electron chi connectivity index (χ2n) is 2.91. The van der Waals surface area contributed by atoms with Gasteiger partial charge in [0.2, 0.25) is 0 Å². The van der Waals surface area contributed by atoms with Gasteiger partial charge in [-0.25, -0.2) is 0 Å². The van der Waals surface area contributed by atoms with E-state index in [0.29, 0.717) is 5.69 Å². The van der Waals surface area contributed by atoms with Crippen molar-refractivity contribution in [2.45, 2.75) is 0 Å². The first-order valence-electron chi connectivity index (χ1n) is 4.25. The molecule has 2 N–H and O–H groups in total. The molecule has 2 aromatic rings. The molecule has 1 heterocycles. The second kappa shape index (κ2) is 4.10. The van der Waals surface area contributed by atoms with Crippen LogP contribution in [0.1, 0.15) is 0 Å². The molecule has 0 bridgehead atoms. The molecule has 0 aliphatic carbocycles. The minimum atomic E-state index is -0.452. The molecule has 76 valence electrons. The van der Waals surface area contributed by atoms with Crippen LogP contribution in [-0.2, 0) is 4.79 Å². The summed E-state index contributed by atoms with van der Waals surface area (Å²) in [4.78, 5) is 11.1. The summed E-state index contributed by atoms with van der Waals surface area (Å²) in [7, 11) is 0. The van der Waals surface area contributed by atoms with Crippen molar-refractivity contribution in [3.8, 4) is 0 Å². The number of carbonyl (C=O) groups is 1. The molecule has 1 aromatic carbocycles. The standard InChI is InChI=1S/C10H8N2O2S/c13-10(6-11-14)12-8-1-2-9-7(5-8)3-4-15-9/h1-6,14H,(H,12,13). The van der Waals surface area contributed by atoms with Gasteiger partial charge in [0.1, 0.15) is 6.21 Å². The third-order valence-corrected chi connectivity index (χ3v) is 2.79. The number of hydrogen-bond donors (Lipinski definition) is 2. The van der Waals surface area contributed by atoms with Gasteiger partial charge in [-0.3, -0.25) is 4.79 Å². The molecular weight excluding hydrogens is 212 g/mol. The number of fused-ring (bicyclic) bond motifs is 1. The first-order valence-corrected chi connectivity index (χ1v) is 5.13. The van der Waals surface area contributed by atoms with E-state index < -0.39 is 5.91 Å². The number of carbonyl (C=O) groups excluding carboxylic acids is 1. The number of amides is 1. The highest BCUT2D eigenvalue weighted by Crippen LogP contribution is 2.23. The number of hydrogen-bond acceptors (Lipinski definition) is 4. The zero-order valence-electron chi connectivity index (χ0n) is 7.68. The van der Waals surface area contributed by atoms with Crippen LogP contribution in [0.2, 0.25) is 0 Å². The summed E-state index contributed by atoms with van der Waals surface area (Å²) in [6.07, 6.45) is 0.817. The quantitative estimate of drug-likeness (QED) is 0.463. The average Bonchev–Trinajstić information content (AvgIpc) is 2.65. The Labute approximate surface area is 89.8 Å². The van der Waals surface area contributed by atoms with Crippen molar-refractivity contribution in [3.63, 3.8) is 0 Å². The maximum Gasteiger partial charge on any atom is 0.270 e. The van der Waals surface area contributed by atoms with E-state index in [1.165, 1.54) is 4.70 Å². The van der Waals surface area contributed by atoms with E-state index in [2.05, 4.69) is 10.5 Å². The third-order valence-electron chi connectivity index (χ3n) is 1.89. The summed E-state index contributed by atoms with van der Waals surface area (Å²) in [5, 5.41) is 16.5. The molecule has 0 saturated heterocycles. The molecule has 0 aliphatic heterocycles. The maximum absolute atomic E-state index is 11.1. The smallest absolute Gasteiger partial charge is 0.270 e. The monoisotopic (exact) mass is 220 g/mol. The van der Waals surface area contributed by atoms with E-state index in [9.17, 15) is 4.79 Å². The predicted octanol–water partition coefficient (Wildman–Crippen LogP) is 2.30. The highest BCUT2D eigenvalue weighted by molar-refractivity contribution is 7.17. The molecular formula is C10H8N2O2S. The minimum absolute atomic E-state index is 0.452. The summed E-state index contributed by atoms with van der Waals surface area (Å²) in [6.45, 7) is 0. The number of oxime groups is 1. The van der Waals surface area contributed by atoms with Crippen LogP contribution in [0.5, 0.6) is 0 Å². The molecule has 0 fully saturated rings. The average molecular weight is 220 g/mol. The number of nitrogens with zero attached hydrogens (tertiary/aromatic N) is 1. The number of rotatable bonds is 2. The van der Waals surface area contributed by atoms with Crippen molar-refractivity contribution in [2.75, 3.05) is 5.32 Å². The molecule has 2 rings (SSSR count). The van der Waals surface area contributed by atoms with E-state index in [4.69, 9.17) is 5.21 Å². The molecule has 1 aromatic heterocycles. The second-order valence-corrected chi connectivity index (χ2v) is 3.85. The third kappa shape index (κ3) is 2.13. The molecule has 15 heavy (non-hydrogen) atoms. The van der Waals surface area contributed by atoms with Gasteiger partial charge in [-0.1, -0.05) is 5.16 Å².